The predicted molar refractivity (Wildman–Crippen MR) is 149 cm³/mol. The second-order valence-electron chi connectivity index (χ2n) is 9.54. The van der Waals surface area contributed by atoms with Gasteiger partial charge in [-0.2, -0.15) is 0 Å². The van der Waals surface area contributed by atoms with E-state index < -0.39 is 0 Å². The third kappa shape index (κ3) is 5.24. The number of aromatic amines is 1. The standard InChI is InChI=1S/C30H28N6O3/c1-38-23-6-2-18(3-7-23)10-12-32-29(37)20-5-9-27-21(14-20)15-22(17-39-27)28-34-25-8-4-19(16-26(25)35-28)24-11-13-33-30(31)36-24/h2-9,11,13-14,16,22H,10,12,15,17H2,1H3,(H,32,37)(H,34,35)(H2,31,33,36). The van der Waals surface area contributed by atoms with E-state index in [0.29, 0.717) is 18.7 Å². The van der Waals surface area contributed by atoms with Gasteiger partial charge in [0.2, 0.25) is 5.95 Å². The monoisotopic (exact) mass is 520 g/mol. The molecule has 196 valence electrons. The van der Waals surface area contributed by atoms with Crippen LogP contribution in [0.15, 0.2) is 72.9 Å². The number of H-pyrrole nitrogens is 1. The molecule has 1 aliphatic heterocycles. The summed E-state index contributed by atoms with van der Waals surface area (Å²) in [5, 5.41) is 3.02. The Labute approximate surface area is 225 Å². The van der Waals surface area contributed by atoms with E-state index >= 15 is 0 Å². The molecule has 3 aromatic carbocycles. The van der Waals surface area contributed by atoms with E-state index in [2.05, 4.69) is 20.3 Å². The zero-order chi connectivity index (χ0) is 26.8. The molecular weight excluding hydrogens is 492 g/mol. The quantitative estimate of drug-likeness (QED) is 0.292. The van der Waals surface area contributed by atoms with E-state index in [-0.39, 0.29) is 17.8 Å². The lowest BCUT2D eigenvalue weighted by atomic mass is 9.94. The molecule has 4 N–H and O–H groups in total. The van der Waals surface area contributed by atoms with Crippen molar-refractivity contribution in [2.45, 2.75) is 18.8 Å². The number of benzene rings is 3. The normalized spacial score (nSPS) is 14.4. The summed E-state index contributed by atoms with van der Waals surface area (Å²) >= 11 is 0. The molecule has 0 saturated carbocycles. The van der Waals surface area contributed by atoms with Crippen molar-refractivity contribution >= 4 is 22.9 Å². The molecule has 2 aromatic heterocycles. The first kappa shape index (κ1) is 24.4. The lowest BCUT2D eigenvalue weighted by Crippen LogP contribution is -2.26. The third-order valence-corrected chi connectivity index (χ3v) is 6.95. The maximum Gasteiger partial charge on any atom is 0.251 e. The van der Waals surface area contributed by atoms with E-state index in [0.717, 1.165) is 63.6 Å². The molecule has 6 rings (SSSR count). The summed E-state index contributed by atoms with van der Waals surface area (Å²) in [5.41, 5.74) is 11.9. The number of amides is 1. The molecule has 1 aliphatic rings. The zero-order valence-corrected chi connectivity index (χ0v) is 21.5. The van der Waals surface area contributed by atoms with Crippen LogP contribution in [0.3, 0.4) is 0 Å². The van der Waals surface area contributed by atoms with Crippen molar-refractivity contribution in [1.82, 2.24) is 25.3 Å². The van der Waals surface area contributed by atoms with E-state index in [4.69, 9.17) is 20.2 Å². The zero-order valence-electron chi connectivity index (χ0n) is 21.5. The van der Waals surface area contributed by atoms with Gasteiger partial charge in [-0.15, -0.1) is 0 Å². The summed E-state index contributed by atoms with van der Waals surface area (Å²) in [4.78, 5) is 29.4. The second kappa shape index (κ2) is 10.4. The predicted octanol–water partition coefficient (Wildman–Crippen LogP) is 4.30. The maximum absolute atomic E-state index is 12.9. The molecule has 0 spiro atoms. The molecule has 0 saturated heterocycles. The van der Waals surface area contributed by atoms with Gasteiger partial charge in [0.1, 0.15) is 17.3 Å². The number of nitrogen functional groups attached to an aromatic ring is 1. The number of nitrogens with two attached hydrogens (primary N) is 1. The minimum atomic E-state index is -0.102. The Kier molecular flexibility index (Phi) is 6.54. The van der Waals surface area contributed by atoms with Crippen LogP contribution in [-0.4, -0.2) is 46.1 Å². The molecule has 1 atom stereocenters. The van der Waals surface area contributed by atoms with Crippen LogP contribution >= 0.6 is 0 Å². The smallest absolute Gasteiger partial charge is 0.251 e. The number of imidazole rings is 1. The first-order chi connectivity index (χ1) is 19.1. The number of methoxy groups -OCH3 is 1. The molecule has 39 heavy (non-hydrogen) atoms. The number of hydrogen-bond donors (Lipinski definition) is 3. The molecule has 9 nitrogen and oxygen atoms in total. The summed E-state index contributed by atoms with van der Waals surface area (Å²) in [6.07, 6.45) is 3.10. The van der Waals surface area contributed by atoms with E-state index in [9.17, 15) is 4.79 Å². The fourth-order valence-electron chi connectivity index (χ4n) is 4.84. The van der Waals surface area contributed by atoms with Crippen molar-refractivity contribution < 1.29 is 14.3 Å². The second-order valence-corrected chi connectivity index (χ2v) is 9.54. The van der Waals surface area contributed by atoms with Crippen LogP contribution in [0.25, 0.3) is 22.3 Å². The van der Waals surface area contributed by atoms with Crippen LogP contribution in [0.4, 0.5) is 5.95 Å². The van der Waals surface area contributed by atoms with Gasteiger partial charge in [0.15, 0.2) is 0 Å². The number of carbonyl (C=O) groups excluding carboxylic acids is 1. The lowest BCUT2D eigenvalue weighted by molar-refractivity contribution is 0.0954. The Morgan fingerprint density at radius 1 is 1.10 bits per heavy atom. The number of nitrogens with zero attached hydrogens (tertiary/aromatic N) is 3. The number of ether oxygens (including phenoxy) is 2. The average Bonchev–Trinajstić information content (AvgIpc) is 3.40. The number of fused-ring (bicyclic) bond motifs is 2. The van der Waals surface area contributed by atoms with E-state index in [1.807, 2.05) is 66.7 Å². The Morgan fingerprint density at radius 2 is 1.97 bits per heavy atom. The molecule has 3 heterocycles. The van der Waals surface area contributed by atoms with Crippen molar-refractivity contribution in [3.05, 3.63) is 95.4 Å². The van der Waals surface area contributed by atoms with Crippen LogP contribution in [0, 0.1) is 0 Å². The molecule has 1 amide bonds. The third-order valence-electron chi connectivity index (χ3n) is 6.95. The fourth-order valence-corrected chi connectivity index (χ4v) is 4.84. The number of rotatable bonds is 7. The van der Waals surface area contributed by atoms with Gasteiger partial charge in [-0.25, -0.2) is 15.0 Å². The molecule has 1 unspecified atom stereocenters. The van der Waals surface area contributed by atoms with E-state index in [1.54, 1.807) is 13.3 Å². The Morgan fingerprint density at radius 3 is 2.79 bits per heavy atom. The van der Waals surface area contributed by atoms with Gasteiger partial charge in [-0.1, -0.05) is 18.2 Å². The molecule has 0 bridgehead atoms. The van der Waals surface area contributed by atoms with Gasteiger partial charge >= 0.3 is 0 Å². The lowest BCUT2D eigenvalue weighted by Gasteiger charge is -2.24. The number of aromatic nitrogens is 4. The Bertz CT molecular complexity index is 1650. The molecule has 0 aliphatic carbocycles. The highest BCUT2D eigenvalue weighted by Crippen LogP contribution is 2.33. The van der Waals surface area contributed by atoms with Crippen LogP contribution in [0.1, 0.15) is 33.2 Å². The summed E-state index contributed by atoms with van der Waals surface area (Å²) in [6.45, 7) is 1.06. The first-order valence-corrected chi connectivity index (χ1v) is 12.8. The largest absolute Gasteiger partial charge is 0.497 e. The minimum absolute atomic E-state index is 0.0384. The Hall–Kier alpha value is -4.92. The van der Waals surface area contributed by atoms with Crippen molar-refractivity contribution in [2.75, 3.05) is 26.0 Å². The molecule has 0 fully saturated rings. The van der Waals surface area contributed by atoms with Gasteiger partial charge < -0.3 is 25.5 Å². The fraction of sp³-hybridized carbons (Fsp3) is 0.200. The van der Waals surface area contributed by atoms with Crippen LogP contribution in [0.5, 0.6) is 11.5 Å². The van der Waals surface area contributed by atoms with Gasteiger partial charge in [0.05, 0.1) is 36.4 Å². The molecule has 5 aromatic rings. The number of anilines is 1. The van der Waals surface area contributed by atoms with Crippen LogP contribution in [-0.2, 0) is 12.8 Å². The highest BCUT2D eigenvalue weighted by Gasteiger charge is 2.25. The van der Waals surface area contributed by atoms with Crippen molar-refractivity contribution in [1.29, 1.82) is 0 Å². The summed E-state index contributed by atoms with van der Waals surface area (Å²) in [6, 6.07) is 21.3. The molecular formula is C30H28N6O3. The van der Waals surface area contributed by atoms with E-state index in [1.165, 1.54) is 0 Å². The van der Waals surface area contributed by atoms with Gasteiger partial charge in [-0.3, -0.25) is 4.79 Å². The van der Waals surface area contributed by atoms with Gasteiger partial charge in [-0.05, 0) is 72.5 Å². The number of nitrogens with one attached hydrogen (secondary N) is 2. The molecule has 0 radical (unpaired) electrons. The maximum atomic E-state index is 12.9. The van der Waals surface area contributed by atoms with Crippen molar-refractivity contribution in [3.8, 4) is 22.8 Å². The first-order valence-electron chi connectivity index (χ1n) is 12.8. The van der Waals surface area contributed by atoms with Gasteiger partial charge in [0.25, 0.3) is 5.91 Å². The SMILES string of the molecule is COc1ccc(CCNC(=O)c2ccc3c(c2)CC(c2nc4cc(-c5ccnc(N)n5)ccc4[nH]2)CO3)cc1. The minimum Gasteiger partial charge on any atom is -0.497 e. The number of carbonyl (C=O) groups is 1. The highest BCUT2D eigenvalue weighted by molar-refractivity contribution is 5.94. The molecule has 9 heteroatoms. The van der Waals surface area contributed by atoms with Crippen molar-refractivity contribution in [2.24, 2.45) is 0 Å². The number of hydrogen-bond acceptors (Lipinski definition) is 7. The van der Waals surface area contributed by atoms with Crippen LogP contribution in [0.2, 0.25) is 0 Å². The summed E-state index contributed by atoms with van der Waals surface area (Å²) in [5.74, 6) is 2.65. The highest BCUT2D eigenvalue weighted by atomic mass is 16.5. The summed E-state index contributed by atoms with van der Waals surface area (Å²) < 4.78 is 11.2. The summed E-state index contributed by atoms with van der Waals surface area (Å²) in [7, 11) is 1.65. The Balaban J connectivity index is 1.13. The topological polar surface area (TPSA) is 128 Å². The van der Waals surface area contributed by atoms with Crippen LogP contribution < -0.4 is 20.5 Å². The van der Waals surface area contributed by atoms with Gasteiger partial charge in [0, 0.05) is 23.9 Å². The van der Waals surface area contributed by atoms with Crippen molar-refractivity contribution in [3.63, 3.8) is 0 Å². The average molecular weight is 521 g/mol.